The third kappa shape index (κ3) is 3.58. The summed E-state index contributed by atoms with van der Waals surface area (Å²) in [5.74, 6) is 1.68. The van der Waals surface area contributed by atoms with Crippen molar-refractivity contribution < 1.29 is 0 Å². The maximum absolute atomic E-state index is 4.46. The monoisotopic (exact) mass is 279 g/mol. The van der Waals surface area contributed by atoms with Gasteiger partial charge < -0.3 is 5.32 Å². The molecule has 1 aromatic rings. The topological polar surface area (TPSA) is 46.0 Å². The Bertz CT molecular complexity index is 428. The van der Waals surface area contributed by atoms with E-state index in [9.17, 15) is 0 Å². The zero-order valence-electron chi connectivity index (χ0n) is 13.6. The molecule has 1 N–H and O–H groups in total. The van der Waals surface area contributed by atoms with Crippen LogP contribution in [0.15, 0.2) is 6.33 Å². The summed E-state index contributed by atoms with van der Waals surface area (Å²) >= 11 is 0. The predicted molar refractivity (Wildman–Crippen MR) is 81.4 cm³/mol. The van der Waals surface area contributed by atoms with Gasteiger partial charge in [-0.2, -0.15) is 5.10 Å². The third-order valence-electron chi connectivity index (χ3n) is 4.36. The molecule has 1 fully saturated rings. The maximum Gasteiger partial charge on any atom is 0.141 e. The van der Waals surface area contributed by atoms with Gasteiger partial charge in [0.25, 0.3) is 0 Å². The first kappa shape index (κ1) is 15.4. The van der Waals surface area contributed by atoms with Crippen LogP contribution in [0.4, 0.5) is 0 Å². The number of rotatable bonds is 5. The fourth-order valence-electron chi connectivity index (χ4n) is 2.72. The first-order valence-electron chi connectivity index (χ1n) is 7.79. The Balaban J connectivity index is 2.06. The molecule has 2 rings (SSSR count). The van der Waals surface area contributed by atoms with Crippen LogP contribution in [0.25, 0.3) is 0 Å². The largest absolute Gasteiger partial charge is 0.309 e. The maximum atomic E-state index is 4.46. The minimum absolute atomic E-state index is 0.218. The fourth-order valence-corrected chi connectivity index (χ4v) is 2.72. The molecule has 0 radical (unpaired) electrons. The summed E-state index contributed by atoms with van der Waals surface area (Å²) in [7, 11) is 0. The van der Waals surface area contributed by atoms with Crippen molar-refractivity contribution in [1.82, 2.24) is 25.0 Å². The quantitative estimate of drug-likeness (QED) is 0.894. The SMILES string of the molecule is CCC1(C)CN(Cc2ncnn2CC(C)C)C(C)CN1. The van der Waals surface area contributed by atoms with Gasteiger partial charge in [0, 0.05) is 31.2 Å². The van der Waals surface area contributed by atoms with Gasteiger partial charge in [0.05, 0.1) is 6.54 Å². The minimum atomic E-state index is 0.218. The van der Waals surface area contributed by atoms with Crippen molar-refractivity contribution in [1.29, 1.82) is 0 Å². The lowest BCUT2D eigenvalue weighted by atomic mass is 9.94. The fraction of sp³-hybridized carbons (Fsp3) is 0.867. The second kappa shape index (κ2) is 6.22. The molecule has 0 spiro atoms. The van der Waals surface area contributed by atoms with E-state index in [0.29, 0.717) is 12.0 Å². The molecule has 0 aromatic carbocycles. The van der Waals surface area contributed by atoms with Gasteiger partial charge in [0.2, 0.25) is 0 Å². The lowest BCUT2D eigenvalue weighted by Crippen LogP contribution is -2.61. The molecule has 2 atom stereocenters. The zero-order valence-corrected chi connectivity index (χ0v) is 13.6. The summed E-state index contributed by atoms with van der Waals surface area (Å²) in [6, 6.07) is 0.541. The Kier molecular flexibility index (Phi) is 4.81. The molecule has 0 aliphatic carbocycles. The Hall–Kier alpha value is -0.940. The summed E-state index contributed by atoms with van der Waals surface area (Å²) in [6.07, 6.45) is 2.83. The summed E-state index contributed by atoms with van der Waals surface area (Å²) < 4.78 is 2.06. The highest BCUT2D eigenvalue weighted by atomic mass is 15.4. The molecule has 1 aliphatic rings. The van der Waals surface area contributed by atoms with Crippen molar-refractivity contribution in [3.63, 3.8) is 0 Å². The number of nitrogens with zero attached hydrogens (tertiary/aromatic N) is 4. The Labute approximate surface area is 122 Å². The number of piperazine rings is 1. The van der Waals surface area contributed by atoms with Crippen LogP contribution in [0.2, 0.25) is 0 Å². The van der Waals surface area contributed by atoms with Crippen LogP contribution in [0, 0.1) is 5.92 Å². The lowest BCUT2D eigenvalue weighted by Gasteiger charge is -2.44. The zero-order chi connectivity index (χ0) is 14.8. The van der Waals surface area contributed by atoms with E-state index in [1.807, 2.05) is 0 Å². The van der Waals surface area contributed by atoms with Gasteiger partial charge in [-0.05, 0) is 26.2 Å². The van der Waals surface area contributed by atoms with E-state index in [-0.39, 0.29) is 5.54 Å². The molecular formula is C15H29N5. The molecule has 0 bridgehead atoms. The van der Waals surface area contributed by atoms with Crippen molar-refractivity contribution >= 4 is 0 Å². The first-order chi connectivity index (χ1) is 9.43. The Morgan fingerprint density at radius 1 is 1.50 bits per heavy atom. The molecule has 5 heteroatoms. The molecule has 20 heavy (non-hydrogen) atoms. The molecular weight excluding hydrogens is 250 g/mol. The average molecular weight is 279 g/mol. The summed E-state index contributed by atoms with van der Waals surface area (Å²) in [4.78, 5) is 6.99. The van der Waals surface area contributed by atoms with Gasteiger partial charge in [0.15, 0.2) is 0 Å². The van der Waals surface area contributed by atoms with Gasteiger partial charge in [0.1, 0.15) is 12.2 Å². The van der Waals surface area contributed by atoms with Crippen LogP contribution in [0.3, 0.4) is 0 Å². The van der Waals surface area contributed by atoms with Crippen molar-refractivity contribution in [2.24, 2.45) is 5.92 Å². The van der Waals surface area contributed by atoms with Gasteiger partial charge in [-0.25, -0.2) is 9.67 Å². The third-order valence-corrected chi connectivity index (χ3v) is 4.36. The van der Waals surface area contributed by atoms with E-state index in [2.05, 4.69) is 59.6 Å². The highest BCUT2D eigenvalue weighted by Gasteiger charge is 2.33. The van der Waals surface area contributed by atoms with E-state index < -0.39 is 0 Å². The molecule has 0 saturated carbocycles. The molecule has 1 aromatic heterocycles. The van der Waals surface area contributed by atoms with Crippen molar-refractivity contribution in [2.75, 3.05) is 13.1 Å². The van der Waals surface area contributed by atoms with Crippen LogP contribution in [0.5, 0.6) is 0 Å². The lowest BCUT2D eigenvalue weighted by molar-refractivity contribution is 0.0826. The Morgan fingerprint density at radius 3 is 2.90 bits per heavy atom. The predicted octanol–water partition coefficient (Wildman–Crippen LogP) is 1.90. The second-order valence-corrected chi connectivity index (χ2v) is 6.80. The van der Waals surface area contributed by atoms with Crippen molar-refractivity contribution in [2.45, 2.75) is 65.7 Å². The summed E-state index contributed by atoms with van der Waals surface area (Å²) in [5, 5.41) is 8.03. The highest BCUT2D eigenvalue weighted by Crippen LogP contribution is 2.20. The smallest absolute Gasteiger partial charge is 0.141 e. The van der Waals surface area contributed by atoms with Gasteiger partial charge in [-0.15, -0.1) is 0 Å². The highest BCUT2D eigenvalue weighted by molar-refractivity contribution is 4.96. The van der Waals surface area contributed by atoms with Crippen LogP contribution < -0.4 is 5.32 Å². The van der Waals surface area contributed by atoms with Crippen molar-refractivity contribution in [3.05, 3.63) is 12.2 Å². The number of nitrogens with one attached hydrogen (secondary N) is 1. The minimum Gasteiger partial charge on any atom is -0.309 e. The molecule has 1 aliphatic heterocycles. The van der Waals surface area contributed by atoms with E-state index in [1.165, 1.54) is 0 Å². The van der Waals surface area contributed by atoms with Crippen LogP contribution in [0.1, 0.15) is 46.9 Å². The number of hydrogen-bond donors (Lipinski definition) is 1. The Morgan fingerprint density at radius 2 is 2.25 bits per heavy atom. The second-order valence-electron chi connectivity index (χ2n) is 6.80. The molecule has 114 valence electrons. The van der Waals surface area contributed by atoms with E-state index >= 15 is 0 Å². The summed E-state index contributed by atoms with van der Waals surface area (Å²) in [5.41, 5.74) is 0.218. The molecule has 1 saturated heterocycles. The van der Waals surface area contributed by atoms with Crippen LogP contribution >= 0.6 is 0 Å². The van der Waals surface area contributed by atoms with Gasteiger partial charge in [-0.3, -0.25) is 4.90 Å². The molecule has 5 nitrogen and oxygen atoms in total. The van der Waals surface area contributed by atoms with E-state index in [1.54, 1.807) is 6.33 Å². The number of hydrogen-bond acceptors (Lipinski definition) is 4. The van der Waals surface area contributed by atoms with E-state index in [4.69, 9.17) is 0 Å². The first-order valence-corrected chi connectivity index (χ1v) is 7.79. The molecule has 0 amide bonds. The normalized spacial score (nSPS) is 28.2. The van der Waals surface area contributed by atoms with Gasteiger partial charge in [-0.1, -0.05) is 20.8 Å². The molecule has 2 heterocycles. The molecule has 2 unspecified atom stereocenters. The van der Waals surface area contributed by atoms with Crippen molar-refractivity contribution in [3.8, 4) is 0 Å². The van der Waals surface area contributed by atoms with E-state index in [0.717, 1.165) is 38.4 Å². The number of aromatic nitrogens is 3. The standard InChI is InChI=1S/C15H29N5/c1-6-15(5)10-19(13(4)7-17-15)9-14-16-11-18-20(14)8-12(2)3/h11-13,17H,6-10H2,1-5H3. The van der Waals surface area contributed by atoms with Crippen LogP contribution in [-0.4, -0.2) is 44.3 Å². The van der Waals surface area contributed by atoms with Crippen LogP contribution in [-0.2, 0) is 13.1 Å². The average Bonchev–Trinajstić information content (AvgIpc) is 2.81. The summed E-state index contributed by atoms with van der Waals surface area (Å²) in [6.45, 7) is 15.2. The van der Waals surface area contributed by atoms with Gasteiger partial charge >= 0.3 is 0 Å².